The van der Waals surface area contributed by atoms with Gasteiger partial charge in [-0.2, -0.15) is 5.26 Å². The van der Waals surface area contributed by atoms with Crippen LogP contribution >= 0.6 is 0 Å². The van der Waals surface area contributed by atoms with E-state index in [-0.39, 0.29) is 11.3 Å². The highest BCUT2D eigenvalue weighted by molar-refractivity contribution is 5.52. The molecule has 0 aromatic carbocycles. The van der Waals surface area contributed by atoms with Gasteiger partial charge in [-0.05, 0) is 163 Å². The molecular formula is C47H66N4. The molecule has 1 saturated heterocycles. The first kappa shape index (κ1) is 34.6. The summed E-state index contributed by atoms with van der Waals surface area (Å²) in [5.41, 5.74) is 8.83. The van der Waals surface area contributed by atoms with Gasteiger partial charge in [0.2, 0.25) is 0 Å². The highest BCUT2D eigenvalue weighted by Crippen LogP contribution is 2.68. The van der Waals surface area contributed by atoms with Gasteiger partial charge in [-0.1, -0.05) is 84.9 Å². The third kappa shape index (κ3) is 6.55. The summed E-state index contributed by atoms with van der Waals surface area (Å²) < 4.78 is 0. The van der Waals surface area contributed by atoms with Gasteiger partial charge < -0.3 is 0 Å². The third-order valence-electron chi connectivity index (χ3n) is 15.7. The van der Waals surface area contributed by atoms with Gasteiger partial charge in [-0.25, -0.2) is 0 Å². The number of fused-ring (bicyclic) bond motifs is 2. The van der Waals surface area contributed by atoms with Gasteiger partial charge in [0.25, 0.3) is 0 Å². The zero-order chi connectivity index (χ0) is 34.2. The summed E-state index contributed by atoms with van der Waals surface area (Å²) in [5.74, 6) is 4.01. The van der Waals surface area contributed by atoms with E-state index in [0.717, 1.165) is 12.3 Å². The van der Waals surface area contributed by atoms with Gasteiger partial charge >= 0.3 is 0 Å². The predicted octanol–water partition coefficient (Wildman–Crippen LogP) is 10.8. The molecular weight excluding hydrogens is 621 g/mol. The van der Waals surface area contributed by atoms with Crippen LogP contribution in [0.1, 0.15) is 148 Å². The fourth-order valence-electron chi connectivity index (χ4n) is 13.3. The van der Waals surface area contributed by atoms with E-state index in [1.165, 1.54) is 141 Å². The molecule has 0 aromatic rings. The molecule has 51 heavy (non-hydrogen) atoms. The lowest BCUT2D eigenvalue weighted by atomic mass is 9.52. The van der Waals surface area contributed by atoms with E-state index in [1.807, 2.05) is 5.57 Å². The van der Waals surface area contributed by atoms with Crippen molar-refractivity contribution in [3.05, 3.63) is 70.4 Å². The van der Waals surface area contributed by atoms with Crippen molar-refractivity contribution in [1.82, 2.24) is 16.0 Å². The molecule has 10 unspecified atom stereocenters. The van der Waals surface area contributed by atoms with Crippen LogP contribution in [0, 0.1) is 58.2 Å². The van der Waals surface area contributed by atoms with Crippen molar-refractivity contribution < 1.29 is 0 Å². The maximum Gasteiger partial charge on any atom is 0.0818 e. The highest BCUT2D eigenvalue weighted by atomic mass is 15.4. The molecule has 4 nitrogen and oxygen atoms in total. The molecule has 8 aliphatic carbocycles. The molecule has 274 valence electrons. The van der Waals surface area contributed by atoms with Gasteiger partial charge in [-0.3, -0.25) is 16.0 Å². The molecule has 0 spiro atoms. The second-order valence-corrected chi connectivity index (χ2v) is 18.4. The zero-order valence-electron chi connectivity index (χ0n) is 31.5. The van der Waals surface area contributed by atoms with Crippen molar-refractivity contribution in [2.24, 2.45) is 46.8 Å². The number of nitriles is 1. The molecule has 3 N–H and O–H groups in total. The Kier molecular flexibility index (Phi) is 10.4. The van der Waals surface area contributed by atoms with E-state index >= 15 is 0 Å². The van der Waals surface area contributed by atoms with E-state index in [9.17, 15) is 5.26 Å². The van der Waals surface area contributed by atoms with Gasteiger partial charge in [0, 0.05) is 11.3 Å². The number of nitrogens with one attached hydrogen (secondary N) is 3. The summed E-state index contributed by atoms with van der Waals surface area (Å²) >= 11 is 0. The standard InChI is InChI=1S/C47H66N4/c48-31-32-24-26-40-41-27-25-36(30-43(41)47(42(40)28-32,38-20-9-3-10-21-38)39-22-11-4-12-23-39)35-18-13-19-37(29-35)46-50-44(33-14-5-1-6-15-33)49-45(51-46)34-16-7-2-8-17-34/h5,14,16,20,24,26,30,32-33,35,37,39,41,43-46,49-51H,1-4,6-13,15,17-19,21-23,25,27-29H2. The van der Waals surface area contributed by atoms with Crippen molar-refractivity contribution in [1.29, 1.82) is 5.26 Å². The summed E-state index contributed by atoms with van der Waals surface area (Å²) in [5, 5.41) is 22.7. The van der Waals surface area contributed by atoms with Crippen LogP contribution in [0.4, 0.5) is 0 Å². The first-order valence-electron chi connectivity index (χ1n) is 22.1. The van der Waals surface area contributed by atoms with Crippen molar-refractivity contribution in [2.45, 2.75) is 166 Å². The van der Waals surface area contributed by atoms with E-state index < -0.39 is 0 Å². The minimum absolute atomic E-state index is 0.0460. The molecule has 1 heterocycles. The summed E-state index contributed by atoms with van der Waals surface area (Å²) in [6.07, 6.45) is 49.2. The molecule has 0 amide bonds. The minimum atomic E-state index is 0.0460. The second kappa shape index (κ2) is 15.3. The number of allylic oxidation sites excluding steroid dienone is 10. The summed E-state index contributed by atoms with van der Waals surface area (Å²) in [4.78, 5) is 0. The smallest absolute Gasteiger partial charge is 0.0818 e. The highest BCUT2D eigenvalue weighted by Gasteiger charge is 2.59. The number of hydrogen-bond acceptors (Lipinski definition) is 4. The zero-order valence-corrected chi connectivity index (χ0v) is 31.5. The largest absolute Gasteiger partial charge is 0.286 e. The summed E-state index contributed by atoms with van der Waals surface area (Å²) in [6.45, 7) is 0. The SMILES string of the molecule is N#CC1C=CC2=C(C1)C(C1=CCCCC1)(C1CCCCC1)C1C=C(C3CCCC(C4NC(C5=CCCCC5)NC(C5C=CCCC5)N4)C3)CCC21. The van der Waals surface area contributed by atoms with E-state index in [1.54, 1.807) is 22.3 Å². The maximum absolute atomic E-state index is 10.2. The van der Waals surface area contributed by atoms with Crippen LogP contribution in [0.15, 0.2) is 70.4 Å². The molecule has 2 saturated carbocycles. The average molecular weight is 687 g/mol. The lowest BCUT2D eigenvalue weighted by Crippen LogP contribution is -2.71. The van der Waals surface area contributed by atoms with E-state index in [4.69, 9.17) is 0 Å². The Bertz CT molecular complexity index is 1510. The summed E-state index contributed by atoms with van der Waals surface area (Å²) in [6, 6.07) is 2.71. The van der Waals surface area contributed by atoms with Crippen molar-refractivity contribution >= 4 is 0 Å². The normalized spacial score (nSPS) is 41.9. The number of rotatable bonds is 6. The summed E-state index contributed by atoms with van der Waals surface area (Å²) in [7, 11) is 0. The minimum Gasteiger partial charge on any atom is -0.286 e. The van der Waals surface area contributed by atoms with Gasteiger partial charge in [0.15, 0.2) is 0 Å². The first-order valence-corrected chi connectivity index (χ1v) is 22.1. The monoisotopic (exact) mass is 687 g/mol. The van der Waals surface area contributed by atoms with Gasteiger partial charge in [0.1, 0.15) is 0 Å². The van der Waals surface area contributed by atoms with E-state index in [2.05, 4.69) is 64.6 Å². The van der Waals surface area contributed by atoms with Crippen molar-refractivity contribution in [3.63, 3.8) is 0 Å². The molecule has 9 rings (SSSR count). The Balaban J connectivity index is 1.02. The Labute approximate surface area is 309 Å². The fourth-order valence-corrected chi connectivity index (χ4v) is 13.3. The van der Waals surface area contributed by atoms with Crippen molar-refractivity contribution in [3.8, 4) is 6.07 Å². The fraction of sp³-hybridized carbons (Fsp3) is 0.723. The molecule has 1 aliphatic heterocycles. The van der Waals surface area contributed by atoms with Crippen LogP contribution in [0.3, 0.4) is 0 Å². The number of nitrogens with zero attached hydrogens (tertiary/aromatic N) is 1. The molecule has 10 atom stereocenters. The second-order valence-electron chi connectivity index (χ2n) is 18.4. The molecule has 3 fully saturated rings. The number of hydrogen-bond donors (Lipinski definition) is 3. The van der Waals surface area contributed by atoms with Crippen LogP contribution < -0.4 is 16.0 Å². The Morgan fingerprint density at radius 3 is 2.35 bits per heavy atom. The van der Waals surface area contributed by atoms with Gasteiger partial charge in [-0.15, -0.1) is 0 Å². The third-order valence-corrected chi connectivity index (χ3v) is 15.7. The first-order chi connectivity index (χ1) is 25.2. The Morgan fingerprint density at radius 1 is 0.706 bits per heavy atom. The van der Waals surface area contributed by atoms with E-state index in [0.29, 0.717) is 48.1 Å². The molecule has 0 radical (unpaired) electrons. The molecule has 4 heteroatoms. The molecule has 0 aromatic heterocycles. The lowest BCUT2D eigenvalue weighted by Gasteiger charge is -2.51. The maximum atomic E-state index is 10.2. The van der Waals surface area contributed by atoms with Crippen molar-refractivity contribution in [2.75, 3.05) is 0 Å². The van der Waals surface area contributed by atoms with Gasteiger partial charge in [0.05, 0.1) is 30.5 Å². The lowest BCUT2D eigenvalue weighted by molar-refractivity contribution is 0.105. The van der Waals surface area contributed by atoms with Crippen LogP contribution in [-0.4, -0.2) is 18.5 Å². The molecule has 0 bridgehead atoms. The quantitative estimate of drug-likeness (QED) is 0.243. The Morgan fingerprint density at radius 2 is 1.57 bits per heavy atom. The van der Waals surface area contributed by atoms with Crippen LogP contribution in [0.25, 0.3) is 0 Å². The topological polar surface area (TPSA) is 59.9 Å². The van der Waals surface area contributed by atoms with Crippen LogP contribution in [-0.2, 0) is 0 Å². The van der Waals surface area contributed by atoms with Crippen LogP contribution in [0.5, 0.6) is 0 Å². The van der Waals surface area contributed by atoms with Crippen LogP contribution in [0.2, 0.25) is 0 Å². The average Bonchev–Trinajstić information content (AvgIpc) is 3.51. The molecule has 9 aliphatic rings. The predicted molar refractivity (Wildman–Crippen MR) is 209 cm³/mol. The Hall–Kier alpha value is -2.19.